The second kappa shape index (κ2) is 5.30. The first-order chi connectivity index (χ1) is 8.96. The Morgan fingerprint density at radius 2 is 2.11 bits per heavy atom. The molecule has 1 heterocycles. The van der Waals surface area contributed by atoms with Gasteiger partial charge in [0.05, 0.1) is 22.3 Å². The van der Waals surface area contributed by atoms with Gasteiger partial charge < -0.3 is 4.57 Å². The largest absolute Gasteiger partial charge is 0.334 e. The molecule has 0 aliphatic heterocycles. The summed E-state index contributed by atoms with van der Waals surface area (Å²) in [6.07, 6.45) is 3.52. The van der Waals surface area contributed by atoms with Gasteiger partial charge in [0.25, 0.3) is 0 Å². The van der Waals surface area contributed by atoms with Gasteiger partial charge in [0, 0.05) is 20.6 Å². The van der Waals surface area contributed by atoms with Gasteiger partial charge in [-0.1, -0.05) is 13.3 Å². The number of aromatic nitrogens is 2. The second-order valence-electron chi connectivity index (χ2n) is 4.69. The minimum Gasteiger partial charge on any atom is -0.334 e. The minimum absolute atomic E-state index is 0.303. The van der Waals surface area contributed by atoms with Gasteiger partial charge in [-0.15, -0.1) is 0 Å². The van der Waals surface area contributed by atoms with Gasteiger partial charge in [-0.2, -0.15) is 0 Å². The van der Waals surface area contributed by atoms with Crippen molar-refractivity contribution in [1.29, 1.82) is 0 Å². The third-order valence-corrected chi connectivity index (χ3v) is 5.08. The summed E-state index contributed by atoms with van der Waals surface area (Å²) in [6, 6.07) is 5.07. The third-order valence-electron chi connectivity index (χ3n) is 3.23. The van der Waals surface area contributed by atoms with Crippen LogP contribution in [0.25, 0.3) is 11.0 Å². The maximum Gasteiger partial charge on any atom is 0.242 e. The zero-order valence-corrected chi connectivity index (χ0v) is 12.3. The quantitative estimate of drug-likeness (QED) is 0.842. The van der Waals surface area contributed by atoms with Crippen LogP contribution >= 0.6 is 0 Å². The molecular weight excluding hydrogens is 262 g/mol. The Morgan fingerprint density at radius 3 is 2.79 bits per heavy atom. The van der Waals surface area contributed by atoms with E-state index in [9.17, 15) is 8.42 Å². The van der Waals surface area contributed by atoms with Gasteiger partial charge in [0.1, 0.15) is 0 Å². The molecule has 1 aromatic heterocycles. The first-order valence-electron chi connectivity index (χ1n) is 6.34. The summed E-state index contributed by atoms with van der Waals surface area (Å²) < 4.78 is 28.0. The first kappa shape index (κ1) is 14.0. The van der Waals surface area contributed by atoms with Crippen LogP contribution in [0.1, 0.15) is 19.8 Å². The van der Waals surface area contributed by atoms with E-state index in [1.807, 2.05) is 18.5 Å². The third kappa shape index (κ3) is 2.64. The topological polar surface area (TPSA) is 55.2 Å². The van der Waals surface area contributed by atoms with Crippen molar-refractivity contribution < 1.29 is 8.42 Å². The number of hydrogen-bond donors (Lipinski definition) is 0. The summed E-state index contributed by atoms with van der Waals surface area (Å²) in [6.45, 7) is 2.58. The van der Waals surface area contributed by atoms with Crippen molar-refractivity contribution in [3.05, 3.63) is 24.5 Å². The van der Waals surface area contributed by atoms with Crippen LogP contribution in [-0.2, 0) is 17.1 Å². The normalized spacial score (nSPS) is 12.4. The molecule has 0 N–H and O–H groups in total. The van der Waals surface area contributed by atoms with E-state index in [0.717, 1.165) is 18.4 Å². The predicted molar refractivity (Wildman–Crippen MR) is 75.4 cm³/mol. The highest BCUT2D eigenvalue weighted by atomic mass is 32.2. The molecule has 19 heavy (non-hydrogen) atoms. The Labute approximate surface area is 113 Å². The molecule has 0 saturated carbocycles. The van der Waals surface area contributed by atoms with Crippen LogP contribution in [-0.4, -0.2) is 35.9 Å². The average molecular weight is 281 g/mol. The predicted octanol–water partition coefficient (Wildman–Crippen LogP) is 1.99. The molecule has 2 aromatic rings. The van der Waals surface area contributed by atoms with E-state index >= 15 is 0 Å². The smallest absolute Gasteiger partial charge is 0.242 e. The standard InChI is InChI=1S/C13H19N3O2S/c1-4-5-8-16(3)19(17,18)11-6-7-13-12(9-11)14-10-15(13)2/h6-7,9-10H,4-5,8H2,1-3H3. The number of imidazole rings is 1. The highest BCUT2D eigenvalue weighted by molar-refractivity contribution is 7.89. The van der Waals surface area contributed by atoms with Crippen molar-refractivity contribution >= 4 is 21.1 Å². The molecular formula is C13H19N3O2S. The lowest BCUT2D eigenvalue weighted by molar-refractivity contribution is 0.459. The van der Waals surface area contributed by atoms with Crippen LogP contribution in [0.4, 0.5) is 0 Å². The Bertz CT molecular complexity index is 676. The van der Waals surface area contributed by atoms with E-state index < -0.39 is 10.0 Å². The Kier molecular flexibility index (Phi) is 3.91. The van der Waals surface area contributed by atoms with Gasteiger partial charge in [0.2, 0.25) is 10.0 Å². The number of unbranched alkanes of at least 4 members (excludes halogenated alkanes) is 1. The summed E-state index contributed by atoms with van der Waals surface area (Å²) in [4.78, 5) is 4.50. The molecule has 2 rings (SSSR count). The van der Waals surface area contributed by atoms with Crippen molar-refractivity contribution in [2.75, 3.05) is 13.6 Å². The van der Waals surface area contributed by atoms with Gasteiger partial charge in [-0.25, -0.2) is 17.7 Å². The molecule has 6 heteroatoms. The molecule has 0 atom stereocenters. The number of fused-ring (bicyclic) bond motifs is 1. The summed E-state index contributed by atoms with van der Waals surface area (Å²) in [7, 11) is 0.0951. The van der Waals surface area contributed by atoms with Crippen LogP contribution < -0.4 is 0 Å². The van der Waals surface area contributed by atoms with Crippen molar-refractivity contribution in [3.63, 3.8) is 0 Å². The highest BCUT2D eigenvalue weighted by Gasteiger charge is 2.20. The van der Waals surface area contributed by atoms with Gasteiger partial charge in [-0.05, 0) is 24.6 Å². The Balaban J connectivity index is 2.37. The molecule has 0 unspecified atom stereocenters. The summed E-state index contributed by atoms with van der Waals surface area (Å²) in [5.41, 5.74) is 1.63. The monoisotopic (exact) mass is 281 g/mol. The maximum absolute atomic E-state index is 12.4. The molecule has 0 aliphatic rings. The molecule has 0 fully saturated rings. The van der Waals surface area contributed by atoms with E-state index in [4.69, 9.17) is 0 Å². The summed E-state index contributed by atoms with van der Waals surface area (Å²) in [5, 5.41) is 0. The summed E-state index contributed by atoms with van der Waals surface area (Å²) >= 11 is 0. The van der Waals surface area contributed by atoms with Gasteiger partial charge in [-0.3, -0.25) is 0 Å². The van der Waals surface area contributed by atoms with Gasteiger partial charge in [0.15, 0.2) is 0 Å². The molecule has 0 bridgehead atoms. The molecule has 104 valence electrons. The molecule has 5 nitrogen and oxygen atoms in total. The molecule has 0 amide bonds. The average Bonchev–Trinajstić information content (AvgIpc) is 2.77. The fourth-order valence-electron chi connectivity index (χ4n) is 1.96. The number of rotatable bonds is 5. The Hall–Kier alpha value is -1.40. The van der Waals surface area contributed by atoms with E-state index in [1.165, 1.54) is 4.31 Å². The number of benzene rings is 1. The van der Waals surface area contributed by atoms with Crippen molar-refractivity contribution in [2.45, 2.75) is 24.7 Å². The van der Waals surface area contributed by atoms with E-state index in [0.29, 0.717) is 17.0 Å². The van der Waals surface area contributed by atoms with Crippen LogP contribution in [0.15, 0.2) is 29.4 Å². The maximum atomic E-state index is 12.4. The molecule has 0 aliphatic carbocycles. The Morgan fingerprint density at radius 1 is 1.37 bits per heavy atom. The van der Waals surface area contributed by atoms with E-state index in [1.54, 1.807) is 31.6 Å². The van der Waals surface area contributed by atoms with Crippen molar-refractivity contribution in [2.24, 2.45) is 7.05 Å². The van der Waals surface area contributed by atoms with Crippen LogP contribution in [0.2, 0.25) is 0 Å². The number of hydrogen-bond acceptors (Lipinski definition) is 3. The number of sulfonamides is 1. The number of aryl methyl sites for hydroxylation is 1. The minimum atomic E-state index is -3.41. The van der Waals surface area contributed by atoms with Crippen LogP contribution in [0.3, 0.4) is 0 Å². The molecule has 0 spiro atoms. The number of nitrogens with zero attached hydrogens (tertiary/aromatic N) is 3. The van der Waals surface area contributed by atoms with E-state index in [-0.39, 0.29) is 0 Å². The van der Waals surface area contributed by atoms with Crippen LogP contribution in [0.5, 0.6) is 0 Å². The second-order valence-corrected chi connectivity index (χ2v) is 6.73. The lowest BCUT2D eigenvalue weighted by atomic mass is 10.3. The lowest BCUT2D eigenvalue weighted by Crippen LogP contribution is -2.27. The highest BCUT2D eigenvalue weighted by Crippen LogP contribution is 2.20. The van der Waals surface area contributed by atoms with Crippen molar-refractivity contribution in [3.8, 4) is 0 Å². The fraction of sp³-hybridized carbons (Fsp3) is 0.462. The molecule has 0 radical (unpaired) electrons. The van der Waals surface area contributed by atoms with Gasteiger partial charge >= 0.3 is 0 Å². The summed E-state index contributed by atoms with van der Waals surface area (Å²) in [5.74, 6) is 0. The lowest BCUT2D eigenvalue weighted by Gasteiger charge is -2.16. The zero-order valence-electron chi connectivity index (χ0n) is 11.5. The van der Waals surface area contributed by atoms with Crippen molar-refractivity contribution in [1.82, 2.24) is 13.9 Å². The first-order valence-corrected chi connectivity index (χ1v) is 7.78. The molecule has 0 saturated heterocycles. The fourth-order valence-corrected chi connectivity index (χ4v) is 3.19. The van der Waals surface area contributed by atoms with Crippen LogP contribution in [0, 0.1) is 0 Å². The van der Waals surface area contributed by atoms with E-state index in [2.05, 4.69) is 4.98 Å². The molecule has 1 aromatic carbocycles. The SMILES string of the molecule is CCCCN(C)S(=O)(=O)c1ccc2c(c1)ncn2C. The zero-order chi connectivity index (χ0) is 14.0.